The standard InChI is InChI=1S/C13H19N3O2/c1-16(10-6-7-10)13(14)15-8-9-4-3-5-11(18-2)12(9)17/h3-5,10,17H,6-8H2,1-2H3,(H2,14,15). The minimum absolute atomic E-state index is 0.130. The number of nitrogens with two attached hydrogens (primary N) is 1. The Hall–Kier alpha value is -1.91. The maximum Gasteiger partial charge on any atom is 0.191 e. The molecule has 98 valence electrons. The highest BCUT2D eigenvalue weighted by molar-refractivity contribution is 5.78. The summed E-state index contributed by atoms with van der Waals surface area (Å²) < 4.78 is 5.05. The molecule has 0 radical (unpaired) electrons. The molecule has 3 N–H and O–H groups in total. The highest BCUT2D eigenvalue weighted by atomic mass is 16.5. The summed E-state index contributed by atoms with van der Waals surface area (Å²) in [5, 5.41) is 9.91. The number of methoxy groups -OCH3 is 1. The lowest BCUT2D eigenvalue weighted by molar-refractivity contribution is 0.370. The summed E-state index contributed by atoms with van der Waals surface area (Å²) in [5.41, 5.74) is 6.60. The number of phenolic OH excluding ortho intramolecular Hbond substituents is 1. The monoisotopic (exact) mass is 249 g/mol. The number of phenols is 1. The maximum absolute atomic E-state index is 9.91. The SMILES string of the molecule is COc1cccc(CN=C(N)N(C)C2CC2)c1O. The van der Waals surface area contributed by atoms with Gasteiger partial charge in [0, 0.05) is 18.7 Å². The van der Waals surface area contributed by atoms with Crippen LogP contribution in [0, 0.1) is 0 Å². The zero-order valence-electron chi connectivity index (χ0n) is 10.8. The number of guanidine groups is 1. The first-order chi connectivity index (χ1) is 8.63. The van der Waals surface area contributed by atoms with Gasteiger partial charge >= 0.3 is 0 Å². The van der Waals surface area contributed by atoms with E-state index in [0.29, 0.717) is 29.9 Å². The third kappa shape index (κ3) is 2.67. The topological polar surface area (TPSA) is 71.1 Å². The molecule has 0 amide bonds. The summed E-state index contributed by atoms with van der Waals surface area (Å²) in [6.45, 7) is 0.353. The van der Waals surface area contributed by atoms with Crippen LogP contribution in [0.3, 0.4) is 0 Å². The Labute approximate surface area is 107 Å². The van der Waals surface area contributed by atoms with Crippen LogP contribution in [0.4, 0.5) is 0 Å². The minimum Gasteiger partial charge on any atom is -0.504 e. The lowest BCUT2D eigenvalue weighted by atomic mass is 10.2. The fourth-order valence-corrected chi connectivity index (χ4v) is 1.79. The van der Waals surface area contributed by atoms with E-state index < -0.39 is 0 Å². The molecule has 18 heavy (non-hydrogen) atoms. The molecular formula is C13H19N3O2. The molecule has 2 rings (SSSR count). The van der Waals surface area contributed by atoms with E-state index in [2.05, 4.69) is 4.99 Å². The molecule has 0 aliphatic heterocycles. The van der Waals surface area contributed by atoms with Crippen molar-refractivity contribution in [3.8, 4) is 11.5 Å². The molecule has 0 aromatic heterocycles. The van der Waals surface area contributed by atoms with Gasteiger partial charge in [0.25, 0.3) is 0 Å². The number of hydrogen-bond acceptors (Lipinski definition) is 3. The second-order valence-corrected chi connectivity index (χ2v) is 4.48. The first-order valence-electron chi connectivity index (χ1n) is 6.01. The summed E-state index contributed by atoms with van der Waals surface area (Å²) in [5.74, 6) is 1.10. The Kier molecular flexibility index (Phi) is 3.60. The van der Waals surface area contributed by atoms with E-state index in [1.807, 2.05) is 24.1 Å². The summed E-state index contributed by atoms with van der Waals surface area (Å²) >= 11 is 0. The van der Waals surface area contributed by atoms with Gasteiger partial charge in [0.1, 0.15) is 0 Å². The molecule has 1 aliphatic carbocycles. The largest absolute Gasteiger partial charge is 0.504 e. The van der Waals surface area contributed by atoms with E-state index in [1.165, 1.54) is 20.0 Å². The summed E-state index contributed by atoms with van der Waals surface area (Å²) in [6.07, 6.45) is 2.36. The van der Waals surface area contributed by atoms with Gasteiger partial charge < -0.3 is 20.5 Å². The van der Waals surface area contributed by atoms with E-state index in [-0.39, 0.29) is 5.75 Å². The van der Waals surface area contributed by atoms with Crippen LogP contribution < -0.4 is 10.5 Å². The number of ether oxygens (including phenoxy) is 1. The molecule has 1 fully saturated rings. The first kappa shape index (κ1) is 12.5. The van der Waals surface area contributed by atoms with E-state index in [9.17, 15) is 5.11 Å². The molecule has 0 atom stereocenters. The van der Waals surface area contributed by atoms with Crippen molar-refractivity contribution in [1.29, 1.82) is 0 Å². The summed E-state index contributed by atoms with van der Waals surface area (Å²) in [4.78, 5) is 6.28. The van der Waals surface area contributed by atoms with Crippen LogP contribution in [0.1, 0.15) is 18.4 Å². The van der Waals surface area contributed by atoms with Crippen molar-refractivity contribution in [2.45, 2.75) is 25.4 Å². The Bertz CT molecular complexity index is 456. The van der Waals surface area contributed by atoms with Gasteiger partial charge in [-0.2, -0.15) is 0 Å². The number of hydrogen-bond donors (Lipinski definition) is 2. The lowest BCUT2D eigenvalue weighted by Crippen LogP contribution is -2.35. The van der Waals surface area contributed by atoms with Crippen LogP contribution in [0.2, 0.25) is 0 Å². The Morgan fingerprint density at radius 3 is 2.89 bits per heavy atom. The predicted molar refractivity (Wildman–Crippen MR) is 70.8 cm³/mol. The second kappa shape index (κ2) is 5.16. The predicted octanol–water partition coefficient (Wildman–Crippen LogP) is 1.31. The fourth-order valence-electron chi connectivity index (χ4n) is 1.79. The molecular weight excluding hydrogens is 230 g/mol. The average Bonchev–Trinajstić information content (AvgIpc) is 3.20. The maximum atomic E-state index is 9.91. The highest BCUT2D eigenvalue weighted by Gasteiger charge is 2.27. The van der Waals surface area contributed by atoms with Gasteiger partial charge in [-0.15, -0.1) is 0 Å². The van der Waals surface area contributed by atoms with Crippen LogP contribution in [-0.2, 0) is 6.54 Å². The number of benzene rings is 1. The Balaban J connectivity index is 2.07. The number of nitrogens with zero attached hydrogens (tertiary/aromatic N) is 2. The van der Waals surface area contributed by atoms with E-state index in [4.69, 9.17) is 10.5 Å². The van der Waals surface area contributed by atoms with E-state index in [1.54, 1.807) is 6.07 Å². The molecule has 0 saturated heterocycles. The molecule has 0 heterocycles. The van der Waals surface area contributed by atoms with Gasteiger partial charge in [-0.25, -0.2) is 4.99 Å². The van der Waals surface area contributed by atoms with Gasteiger partial charge in [0.15, 0.2) is 17.5 Å². The molecule has 1 saturated carbocycles. The Morgan fingerprint density at radius 2 is 2.28 bits per heavy atom. The van der Waals surface area contributed by atoms with Crippen molar-refractivity contribution in [3.63, 3.8) is 0 Å². The van der Waals surface area contributed by atoms with Crippen LogP contribution in [-0.4, -0.2) is 36.2 Å². The zero-order valence-corrected chi connectivity index (χ0v) is 10.8. The molecule has 0 spiro atoms. The van der Waals surface area contributed by atoms with Crippen molar-refractivity contribution >= 4 is 5.96 Å². The molecule has 1 aliphatic rings. The second-order valence-electron chi connectivity index (χ2n) is 4.48. The molecule has 0 unspecified atom stereocenters. The highest BCUT2D eigenvalue weighted by Crippen LogP contribution is 2.30. The number of aliphatic imine (C=N–C) groups is 1. The normalized spacial score (nSPS) is 15.6. The van der Waals surface area contributed by atoms with Crippen LogP contribution in [0.5, 0.6) is 11.5 Å². The number of aromatic hydroxyl groups is 1. The zero-order chi connectivity index (χ0) is 13.1. The van der Waals surface area contributed by atoms with Crippen molar-refractivity contribution in [3.05, 3.63) is 23.8 Å². The fraction of sp³-hybridized carbons (Fsp3) is 0.462. The molecule has 5 nitrogen and oxygen atoms in total. The van der Waals surface area contributed by atoms with Gasteiger partial charge in [0.2, 0.25) is 0 Å². The van der Waals surface area contributed by atoms with Crippen LogP contribution in [0.25, 0.3) is 0 Å². The van der Waals surface area contributed by atoms with Crippen molar-refractivity contribution in [1.82, 2.24) is 4.90 Å². The minimum atomic E-state index is 0.130. The van der Waals surface area contributed by atoms with Crippen molar-refractivity contribution in [2.75, 3.05) is 14.2 Å². The molecule has 5 heteroatoms. The first-order valence-corrected chi connectivity index (χ1v) is 6.01. The molecule has 1 aromatic carbocycles. The smallest absolute Gasteiger partial charge is 0.191 e. The van der Waals surface area contributed by atoms with Gasteiger partial charge in [0.05, 0.1) is 13.7 Å². The van der Waals surface area contributed by atoms with E-state index >= 15 is 0 Å². The summed E-state index contributed by atoms with van der Waals surface area (Å²) in [7, 11) is 3.47. The molecule has 1 aromatic rings. The van der Waals surface area contributed by atoms with Crippen molar-refractivity contribution in [2.24, 2.45) is 10.7 Å². The van der Waals surface area contributed by atoms with Gasteiger partial charge in [-0.3, -0.25) is 0 Å². The number of rotatable bonds is 4. The Morgan fingerprint density at radius 1 is 1.56 bits per heavy atom. The quantitative estimate of drug-likeness (QED) is 0.623. The van der Waals surface area contributed by atoms with Crippen LogP contribution in [0.15, 0.2) is 23.2 Å². The van der Waals surface area contributed by atoms with Gasteiger partial charge in [-0.1, -0.05) is 12.1 Å². The van der Waals surface area contributed by atoms with Gasteiger partial charge in [-0.05, 0) is 18.9 Å². The van der Waals surface area contributed by atoms with Crippen molar-refractivity contribution < 1.29 is 9.84 Å². The number of para-hydroxylation sites is 1. The third-order valence-corrected chi connectivity index (χ3v) is 3.17. The lowest BCUT2D eigenvalue weighted by Gasteiger charge is -2.17. The van der Waals surface area contributed by atoms with Crippen LogP contribution >= 0.6 is 0 Å². The summed E-state index contributed by atoms with van der Waals surface area (Å²) in [6, 6.07) is 5.88. The third-order valence-electron chi connectivity index (χ3n) is 3.17. The average molecular weight is 249 g/mol. The van der Waals surface area contributed by atoms with E-state index in [0.717, 1.165) is 0 Å². The molecule has 0 bridgehead atoms.